The molecule has 1 N–H and O–H groups in total. The van der Waals surface area contributed by atoms with Gasteiger partial charge in [0, 0.05) is 25.2 Å². The molecule has 1 aliphatic rings. The number of benzene rings is 2. The van der Waals surface area contributed by atoms with Crippen LogP contribution in [0.1, 0.15) is 12.0 Å². The Morgan fingerprint density at radius 1 is 1.12 bits per heavy atom. The van der Waals surface area contributed by atoms with E-state index in [1.165, 1.54) is 19.2 Å². The highest BCUT2D eigenvalue weighted by Crippen LogP contribution is 2.25. The fraction of sp³-hybridized carbons (Fsp3) is 0.316. The molecule has 1 atom stereocenters. The first-order valence-electron chi connectivity index (χ1n) is 8.40. The van der Waals surface area contributed by atoms with Crippen LogP contribution in [-0.4, -0.2) is 34.5 Å². The Hall–Kier alpha value is -2.38. The van der Waals surface area contributed by atoms with Crippen molar-refractivity contribution in [2.75, 3.05) is 25.1 Å². The van der Waals surface area contributed by atoms with Crippen LogP contribution in [0.15, 0.2) is 53.4 Å². The Balaban J connectivity index is 1.62. The average Bonchev–Trinajstić information content (AvgIpc) is 3.02. The van der Waals surface area contributed by atoms with E-state index in [-0.39, 0.29) is 23.3 Å². The summed E-state index contributed by atoms with van der Waals surface area (Å²) >= 11 is 0. The van der Waals surface area contributed by atoms with Crippen LogP contribution in [0.2, 0.25) is 0 Å². The van der Waals surface area contributed by atoms with E-state index in [4.69, 9.17) is 4.74 Å². The number of aryl methyl sites for hydroxylation is 1. The fourth-order valence-electron chi connectivity index (χ4n) is 2.96. The Kier molecular flexibility index (Phi) is 5.29. The lowest BCUT2D eigenvalue weighted by molar-refractivity contribution is -0.117. The number of hydrogen-bond donors (Lipinski definition) is 1. The number of nitrogens with zero attached hydrogens (tertiary/aromatic N) is 1. The van der Waals surface area contributed by atoms with Gasteiger partial charge >= 0.3 is 0 Å². The molecule has 26 heavy (non-hydrogen) atoms. The van der Waals surface area contributed by atoms with Crippen LogP contribution in [-0.2, 0) is 14.8 Å². The van der Waals surface area contributed by atoms with Crippen LogP contribution in [0.3, 0.4) is 0 Å². The van der Waals surface area contributed by atoms with E-state index in [1.54, 1.807) is 17.0 Å². The molecule has 0 saturated carbocycles. The van der Waals surface area contributed by atoms with Crippen molar-refractivity contribution in [2.45, 2.75) is 18.2 Å². The molecule has 1 saturated heterocycles. The lowest BCUT2D eigenvalue weighted by atomic mass is 10.1. The van der Waals surface area contributed by atoms with Gasteiger partial charge in [-0.2, -0.15) is 0 Å². The topological polar surface area (TPSA) is 75.7 Å². The summed E-state index contributed by atoms with van der Waals surface area (Å²) < 4.78 is 32.5. The van der Waals surface area contributed by atoms with Crippen LogP contribution in [0.5, 0.6) is 5.75 Å². The highest BCUT2D eigenvalue weighted by atomic mass is 32.2. The van der Waals surface area contributed by atoms with E-state index in [2.05, 4.69) is 4.72 Å². The molecular weight excluding hydrogens is 352 g/mol. The molecule has 0 radical (unpaired) electrons. The van der Waals surface area contributed by atoms with Gasteiger partial charge in [0.25, 0.3) is 0 Å². The zero-order valence-electron chi connectivity index (χ0n) is 14.8. The van der Waals surface area contributed by atoms with Crippen LogP contribution in [0.4, 0.5) is 5.69 Å². The highest BCUT2D eigenvalue weighted by Gasteiger charge is 2.31. The number of anilines is 1. The molecule has 2 aromatic rings. The molecule has 0 bridgehead atoms. The zero-order chi connectivity index (χ0) is 18.7. The number of hydrogen-bond acceptors (Lipinski definition) is 4. The lowest BCUT2D eigenvalue weighted by Crippen LogP contribution is -2.31. The van der Waals surface area contributed by atoms with E-state index in [0.29, 0.717) is 18.7 Å². The third kappa shape index (κ3) is 4.05. The number of sulfonamides is 1. The van der Waals surface area contributed by atoms with Crippen molar-refractivity contribution in [3.63, 3.8) is 0 Å². The van der Waals surface area contributed by atoms with E-state index >= 15 is 0 Å². The zero-order valence-corrected chi connectivity index (χ0v) is 15.6. The van der Waals surface area contributed by atoms with Crippen molar-refractivity contribution in [3.8, 4) is 5.75 Å². The Morgan fingerprint density at radius 3 is 2.38 bits per heavy atom. The number of carbonyl (C=O) groups is 1. The van der Waals surface area contributed by atoms with Crippen molar-refractivity contribution in [1.29, 1.82) is 0 Å². The van der Waals surface area contributed by atoms with Crippen LogP contribution in [0, 0.1) is 12.8 Å². The second-order valence-corrected chi connectivity index (χ2v) is 8.20. The van der Waals surface area contributed by atoms with E-state index in [9.17, 15) is 13.2 Å². The van der Waals surface area contributed by atoms with Crippen LogP contribution in [0.25, 0.3) is 0 Å². The minimum atomic E-state index is -3.61. The number of rotatable bonds is 6. The van der Waals surface area contributed by atoms with Gasteiger partial charge in [0.15, 0.2) is 0 Å². The maximum atomic E-state index is 12.4. The molecule has 1 aliphatic heterocycles. The second kappa shape index (κ2) is 7.47. The summed E-state index contributed by atoms with van der Waals surface area (Å²) in [4.78, 5) is 14.2. The molecule has 1 amide bonds. The van der Waals surface area contributed by atoms with Gasteiger partial charge in [-0.05, 0) is 49.2 Å². The predicted octanol–water partition coefficient (Wildman–Crippen LogP) is 2.34. The maximum absolute atomic E-state index is 12.4. The average molecular weight is 374 g/mol. The summed E-state index contributed by atoms with van der Waals surface area (Å²) in [6.45, 7) is 2.72. The molecule has 0 spiro atoms. The van der Waals surface area contributed by atoms with Crippen LogP contribution >= 0.6 is 0 Å². The van der Waals surface area contributed by atoms with Gasteiger partial charge in [0.2, 0.25) is 15.9 Å². The van der Waals surface area contributed by atoms with Gasteiger partial charge < -0.3 is 9.64 Å². The summed E-state index contributed by atoms with van der Waals surface area (Å²) in [7, 11) is -2.09. The minimum Gasteiger partial charge on any atom is -0.497 e. The minimum absolute atomic E-state index is 0.0162. The van der Waals surface area contributed by atoms with Crippen molar-refractivity contribution in [2.24, 2.45) is 5.92 Å². The number of nitrogens with one attached hydrogen (secondary N) is 1. The molecular formula is C19H22N2O4S. The smallest absolute Gasteiger partial charge is 0.240 e. The van der Waals surface area contributed by atoms with E-state index in [0.717, 1.165) is 11.3 Å². The van der Waals surface area contributed by atoms with Gasteiger partial charge in [-0.25, -0.2) is 13.1 Å². The summed E-state index contributed by atoms with van der Waals surface area (Å²) in [5.74, 6) is 0.554. The predicted molar refractivity (Wildman–Crippen MR) is 99.8 cm³/mol. The summed E-state index contributed by atoms with van der Waals surface area (Å²) in [5.41, 5.74) is 1.98. The van der Waals surface area contributed by atoms with Gasteiger partial charge in [-0.3, -0.25) is 4.79 Å². The number of methoxy groups -OCH3 is 1. The Bertz CT molecular complexity index is 877. The van der Waals surface area contributed by atoms with Gasteiger partial charge in [-0.1, -0.05) is 17.7 Å². The van der Waals surface area contributed by atoms with E-state index < -0.39 is 10.0 Å². The van der Waals surface area contributed by atoms with Gasteiger partial charge in [0.1, 0.15) is 5.75 Å². The maximum Gasteiger partial charge on any atom is 0.240 e. The molecule has 3 rings (SSSR count). The van der Waals surface area contributed by atoms with Gasteiger partial charge in [-0.15, -0.1) is 0 Å². The highest BCUT2D eigenvalue weighted by molar-refractivity contribution is 7.89. The van der Waals surface area contributed by atoms with E-state index in [1.807, 2.05) is 31.2 Å². The monoisotopic (exact) mass is 374 g/mol. The normalized spacial score (nSPS) is 17.5. The lowest BCUT2D eigenvalue weighted by Gasteiger charge is -2.17. The first-order valence-corrected chi connectivity index (χ1v) is 9.88. The molecule has 7 heteroatoms. The molecule has 6 nitrogen and oxygen atoms in total. The Labute approximate surface area is 153 Å². The third-order valence-corrected chi connectivity index (χ3v) is 5.92. The largest absolute Gasteiger partial charge is 0.497 e. The summed E-state index contributed by atoms with van der Waals surface area (Å²) in [5, 5.41) is 0. The van der Waals surface area contributed by atoms with Crippen molar-refractivity contribution in [1.82, 2.24) is 4.72 Å². The molecule has 2 aromatic carbocycles. The van der Waals surface area contributed by atoms with Crippen molar-refractivity contribution < 1.29 is 17.9 Å². The number of carbonyl (C=O) groups excluding carboxylic acids is 1. The molecule has 138 valence electrons. The first kappa shape index (κ1) is 18.4. The second-order valence-electron chi connectivity index (χ2n) is 6.44. The molecule has 0 unspecified atom stereocenters. The SMILES string of the molecule is COc1ccc(S(=O)(=O)NC[C@H]2CC(=O)N(c3ccc(C)cc3)C2)cc1. The molecule has 1 heterocycles. The summed E-state index contributed by atoms with van der Waals surface area (Å²) in [6.07, 6.45) is 0.332. The van der Waals surface area contributed by atoms with Crippen molar-refractivity contribution >= 4 is 21.6 Å². The number of amides is 1. The molecule has 0 aliphatic carbocycles. The summed E-state index contributed by atoms with van der Waals surface area (Å²) in [6, 6.07) is 14.0. The molecule has 0 aromatic heterocycles. The van der Waals surface area contributed by atoms with Crippen LogP contribution < -0.4 is 14.4 Å². The fourth-order valence-corrected chi connectivity index (χ4v) is 4.07. The first-order chi connectivity index (χ1) is 12.4. The van der Waals surface area contributed by atoms with Crippen molar-refractivity contribution in [3.05, 3.63) is 54.1 Å². The Morgan fingerprint density at radius 2 is 1.77 bits per heavy atom. The number of ether oxygens (including phenoxy) is 1. The quantitative estimate of drug-likeness (QED) is 0.842. The third-order valence-electron chi connectivity index (χ3n) is 4.48. The molecule has 1 fully saturated rings. The standard InChI is InChI=1S/C19H22N2O4S/c1-14-3-5-16(6-4-14)21-13-15(11-19(21)22)12-20-26(23,24)18-9-7-17(25-2)8-10-18/h3-10,15,20H,11-13H2,1-2H3/t15-/m1/s1. The van der Waals surface area contributed by atoms with Gasteiger partial charge in [0.05, 0.1) is 12.0 Å².